The average Bonchev–Trinajstić information content (AvgIpc) is 2.65. The van der Waals surface area contributed by atoms with Gasteiger partial charge in [-0.2, -0.15) is 0 Å². The molecular formula is C18H19NO7. The van der Waals surface area contributed by atoms with E-state index in [0.717, 1.165) is 0 Å². The lowest BCUT2D eigenvalue weighted by molar-refractivity contribution is -0.428. The van der Waals surface area contributed by atoms with Gasteiger partial charge >= 0.3 is 11.9 Å². The highest BCUT2D eigenvalue weighted by atomic mass is 16.6. The van der Waals surface area contributed by atoms with Crippen molar-refractivity contribution in [2.45, 2.75) is 12.8 Å². The molecule has 26 heavy (non-hydrogen) atoms. The molecule has 2 rings (SSSR count). The Morgan fingerprint density at radius 2 is 1.85 bits per heavy atom. The van der Waals surface area contributed by atoms with Crippen molar-refractivity contribution in [2.75, 3.05) is 13.7 Å². The topological polar surface area (TPSA) is 116 Å². The zero-order valence-corrected chi connectivity index (χ0v) is 14.2. The van der Waals surface area contributed by atoms with Gasteiger partial charge in [-0.05, 0) is 30.5 Å². The molecular weight excluding hydrogens is 342 g/mol. The number of carbonyl (C=O) groups excluding carboxylic acids is 1. The lowest BCUT2D eigenvalue weighted by atomic mass is 9.83. The van der Waals surface area contributed by atoms with E-state index in [0.29, 0.717) is 11.3 Å². The van der Waals surface area contributed by atoms with Crippen LogP contribution in [0.2, 0.25) is 0 Å². The van der Waals surface area contributed by atoms with Crippen molar-refractivity contribution in [2.24, 2.45) is 11.8 Å². The number of carboxylic acids is 1. The molecule has 0 saturated heterocycles. The Morgan fingerprint density at radius 1 is 1.23 bits per heavy atom. The zero-order valence-electron chi connectivity index (χ0n) is 14.2. The highest BCUT2D eigenvalue weighted by Crippen LogP contribution is 2.27. The smallest absolute Gasteiger partial charge is 0.310 e. The van der Waals surface area contributed by atoms with Crippen molar-refractivity contribution in [3.05, 3.63) is 57.8 Å². The van der Waals surface area contributed by atoms with E-state index < -0.39 is 35.3 Å². The van der Waals surface area contributed by atoms with E-state index in [2.05, 4.69) is 0 Å². The summed E-state index contributed by atoms with van der Waals surface area (Å²) in [5.41, 5.74) is 0.249. The summed E-state index contributed by atoms with van der Waals surface area (Å²) >= 11 is 0. The molecule has 1 aromatic rings. The molecule has 0 fully saturated rings. The number of aliphatic carboxylic acids is 1. The minimum atomic E-state index is -1.08. The van der Waals surface area contributed by atoms with Crippen molar-refractivity contribution >= 4 is 18.0 Å². The van der Waals surface area contributed by atoms with E-state index in [1.807, 2.05) is 0 Å². The van der Waals surface area contributed by atoms with Gasteiger partial charge in [0, 0.05) is 6.08 Å². The summed E-state index contributed by atoms with van der Waals surface area (Å²) in [6, 6.07) is 6.58. The van der Waals surface area contributed by atoms with Gasteiger partial charge in [0.25, 0.3) is 5.70 Å². The van der Waals surface area contributed by atoms with Gasteiger partial charge in [0.05, 0.1) is 23.9 Å². The van der Waals surface area contributed by atoms with Crippen molar-refractivity contribution < 1.29 is 29.1 Å². The SMILES string of the molecule is COc1ccc(/C=C(\COC(=O)[C@H]2CC=CC[C@H]2C(=O)O)[N+](=O)[O-])cc1. The molecule has 0 spiro atoms. The van der Waals surface area contributed by atoms with Crippen molar-refractivity contribution in [1.29, 1.82) is 0 Å². The van der Waals surface area contributed by atoms with Crippen LogP contribution in [0, 0.1) is 22.0 Å². The quantitative estimate of drug-likeness (QED) is 0.343. The Balaban J connectivity index is 2.06. The van der Waals surface area contributed by atoms with E-state index >= 15 is 0 Å². The molecule has 8 heteroatoms. The molecule has 0 bridgehead atoms. The van der Waals surface area contributed by atoms with Crippen molar-refractivity contribution in [1.82, 2.24) is 0 Å². The standard InChI is InChI=1S/C18H19NO7/c1-25-14-8-6-12(7-9-14)10-13(19(23)24)11-26-18(22)16-5-3-2-4-15(16)17(20)21/h2-3,6-10,15-16H,4-5,11H2,1H3,(H,20,21)/b13-10+/t15-,16+/m1/s1. The first-order chi connectivity index (χ1) is 12.4. The van der Waals surface area contributed by atoms with E-state index in [1.54, 1.807) is 36.4 Å². The highest BCUT2D eigenvalue weighted by Gasteiger charge is 2.35. The molecule has 0 unspecified atom stereocenters. The predicted octanol–water partition coefficient (Wildman–Crippen LogP) is 2.52. The second-order valence-corrected chi connectivity index (χ2v) is 5.77. The number of rotatable bonds is 7. The number of methoxy groups -OCH3 is 1. The molecule has 0 heterocycles. The molecule has 0 aliphatic heterocycles. The van der Waals surface area contributed by atoms with Gasteiger partial charge in [0.1, 0.15) is 5.75 Å². The van der Waals surface area contributed by atoms with Crippen LogP contribution in [0.1, 0.15) is 18.4 Å². The van der Waals surface area contributed by atoms with E-state index in [9.17, 15) is 24.8 Å². The first-order valence-electron chi connectivity index (χ1n) is 7.96. The summed E-state index contributed by atoms with van der Waals surface area (Å²) < 4.78 is 10.1. The maximum Gasteiger partial charge on any atom is 0.310 e. The number of allylic oxidation sites excluding steroid dienone is 2. The maximum absolute atomic E-state index is 12.2. The van der Waals surface area contributed by atoms with Crippen LogP contribution in [-0.4, -0.2) is 35.7 Å². The lowest BCUT2D eigenvalue weighted by Crippen LogP contribution is -2.32. The fourth-order valence-electron chi connectivity index (χ4n) is 2.64. The van der Waals surface area contributed by atoms with Gasteiger partial charge in [-0.3, -0.25) is 19.7 Å². The summed E-state index contributed by atoms with van der Waals surface area (Å²) in [6.07, 6.45) is 5.19. The molecule has 1 aliphatic carbocycles. The molecule has 138 valence electrons. The Kier molecular flexibility index (Phi) is 6.48. The largest absolute Gasteiger partial charge is 0.497 e. The summed E-state index contributed by atoms with van der Waals surface area (Å²) in [5, 5.41) is 20.4. The molecule has 0 radical (unpaired) electrons. The predicted molar refractivity (Wildman–Crippen MR) is 91.9 cm³/mol. The Hall–Kier alpha value is -3.16. The number of hydrogen-bond donors (Lipinski definition) is 1. The van der Waals surface area contributed by atoms with Crippen LogP contribution in [0.3, 0.4) is 0 Å². The van der Waals surface area contributed by atoms with Crippen molar-refractivity contribution in [3.63, 3.8) is 0 Å². The molecule has 0 amide bonds. The van der Waals surface area contributed by atoms with Crippen LogP contribution < -0.4 is 4.74 Å². The minimum absolute atomic E-state index is 0.235. The number of esters is 1. The summed E-state index contributed by atoms with van der Waals surface area (Å²) in [5.74, 6) is -2.94. The third kappa shape index (κ3) is 4.92. The third-order valence-corrected chi connectivity index (χ3v) is 4.10. The lowest BCUT2D eigenvalue weighted by Gasteiger charge is -2.23. The molecule has 1 aliphatic rings. The molecule has 2 atom stereocenters. The Morgan fingerprint density at radius 3 is 2.38 bits per heavy atom. The van der Waals surface area contributed by atoms with Gasteiger partial charge in [-0.25, -0.2) is 0 Å². The van der Waals surface area contributed by atoms with Gasteiger partial charge < -0.3 is 14.6 Å². The molecule has 1 N–H and O–H groups in total. The Labute approximate surface area is 149 Å². The second-order valence-electron chi connectivity index (χ2n) is 5.77. The zero-order chi connectivity index (χ0) is 19.1. The number of carbonyl (C=O) groups is 2. The van der Waals surface area contributed by atoms with Crippen LogP contribution in [-0.2, 0) is 14.3 Å². The van der Waals surface area contributed by atoms with Crippen LogP contribution in [0.25, 0.3) is 6.08 Å². The fourth-order valence-corrected chi connectivity index (χ4v) is 2.64. The van der Waals surface area contributed by atoms with E-state index in [4.69, 9.17) is 9.47 Å². The normalized spacial score (nSPS) is 19.7. The van der Waals surface area contributed by atoms with Crippen molar-refractivity contribution in [3.8, 4) is 5.75 Å². The maximum atomic E-state index is 12.2. The van der Waals surface area contributed by atoms with Gasteiger partial charge in [-0.15, -0.1) is 0 Å². The van der Waals surface area contributed by atoms with Crippen LogP contribution in [0.5, 0.6) is 5.75 Å². The number of nitro groups is 1. The van der Waals surface area contributed by atoms with Crippen LogP contribution >= 0.6 is 0 Å². The summed E-state index contributed by atoms with van der Waals surface area (Å²) in [6.45, 7) is -0.537. The number of hydrogen-bond acceptors (Lipinski definition) is 6. The fraction of sp³-hybridized carbons (Fsp3) is 0.333. The summed E-state index contributed by atoms with van der Waals surface area (Å²) in [7, 11) is 1.51. The van der Waals surface area contributed by atoms with Crippen LogP contribution in [0.15, 0.2) is 42.1 Å². The minimum Gasteiger partial charge on any atom is -0.497 e. The third-order valence-electron chi connectivity index (χ3n) is 4.10. The van der Waals surface area contributed by atoms with Gasteiger partial charge in [0.15, 0.2) is 6.61 Å². The highest BCUT2D eigenvalue weighted by molar-refractivity contribution is 5.81. The van der Waals surface area contributed by atoms with Gasteiger partial charge in [-0.1, -0.05) is 24.3 Å². The number of nitrogens with zero attached hydrogens (tertiary/aromatic N) is 1. The molecule has 0 aromatic heterocycles. The second kappa shape index (κ2) is 8.80. The molecule has 1 aromatic carbocycles. The molecule has 8 nitrogen and oxygen atoms in total. The van der Waals surface area contributed by atoms with Crippen LogP contribution in [0.4, 0.5) is 0 Å². The number of carboxylic acid groups (broad SMARTS) is 1. The summed E-state index contributed by atoms with van der Waals surface area (Å²) in [4.78, 5) is 34.0. The number of benzene rings is 1. The first kappa shape index (κ1) is 19.2. The van der Waals surface area contributed by atoms with E-state index in [-0.39, 0.29) is 18.5 Å². The van der Waals surface area contributed by atoms with Gasteiger partial charge in [0.2, 0.25) is 0 Å². The number of ether oxygens (including phenoxy) is 2. The average molecular weight is 361 g/mol. The van der Waals surface area contributed by atoms with E-state index in [1.165, 1.54) is 13.2 Å². The first-order valence-corrected chi connectivity index (χ1v) is 7.96. The molecule has 0 saturated carbocycles. The monoisotopic (exact) mass is 361 g/mol. The Bertz CT molecular complexity index is 736.